The number of aromatic nitrogens is 4. The van der Waals surface area contributed by atoms with Crippen molar-refractivity contribution in [2.24, 2.45) is 5.41 Å². The van der Waals surface area contributed by atoms with Gasteiger partial charge in [-0.25, -0.2) is 28.6 Å². The second-order valence-electron chi connectivity index (χ2n) is 13.5. The summed E-state index contributed by atoms with van der Waals surface area (Å²) in [5.74, 6) is -2.41. The Labute approximate surface area is 338 Å². The van der Waals surface area contributed by atoms with Crippen molar-refractivity contribution >= 4 is 86.4 Å². The van der Waals surface area contributed by atoms with Crippen molar-refractivity contribution < 1.29 is 90.7 Å². The van der Waals surface area contributed by atoms with E-state index in [1.807, 2.05) is 0 Å². The molecule has 0 bridgehead atoms. The fourth-order valence-corrected chi connectivity index (χ4v) is 9.28. The third kappa shape index (κ3) is 15.5. The number of aliphatic carboxylic acids is 1. The summed E-state index contributed by atoms with van der Waals surface area (Å²) in [5, 5.41) is 45.2. The van der Waals surface area contributed by atoms with E-state index in [2.05, 4.69) is 34.4 Å². The number of amides is 2. The highest BCUT2D eigenvalue weighted by molar-refractivity contribution is 8.23. The van der Waals surface area contributed by atoms with Crippen LogP contribution in [0.15, 0.2) is 12.7 Å². The van der Waals surface area contributed by atoms with Crippen LogP contribution in [0.4, 0.5) is 5.82 Å². The van der Waals surface area contributed by atoms with Crippen LogP contribution in [0.2, 0.25) is 0 Å². The van der Waals surface area contributed by atoms with E-state index in [4.69, 9.17) is 36.8 Å². The number of hydrogen-bond donors (Lipinski definition) is 11. The normalized spacial score (nSPS) is 22.4. The lowest BCUT2D eigenvalue weighted by molar-refractivity contribution is -0.141. The SMILES string of the molecule is CC(C)(COP(=O)(O)OP(=O)(O)OC[C@H]1O[C@@H](n2cnc3c(N)ncnc32)[C@H](O)[C@@H]1OP(=O)(O)O)[C@@H](O)C(=O)NCCC(=O)NCCSC(=S)C[C@@](C)(O)CC(=O)O. The topological polar surface area (TPSA) is 404 Å². The van der Waals surface area contributed by atoms with Gasteiger partial charge in [-0.1, -0.05) is 26.1 Å². The number of phosphoric ester groups is 3. The van der Waals surface area contributed by atoms with E-state index in [1.54, 1.807) is 0 Å². The van der Waals surface area contributed by atoms with Crippen LogP contribution in [0.25, 0.3) is 11.2 Å². The van der Waals surface area contributed by atoms with E-state index in [0.717, 1.165) is 29.0 Å². The van der Waals surface area contributed by atoms with Crippen LogP contribution in [0.1, 0.15) is 46.3 Å². The Kier molecular flexibility index (Phi) is 17.4. The monoisotopic (exact) mass is 927 g/mol. The maximum atomic E-state index is 12.7. The Morgan fingerprint density at radius 3 is 2.34 bits per heavy atom. The molecule has 0 radical (unpaired) electrons. The predicted molar refractivity (Wildman–Crippen MR) is 202 cm³/mol. The molecule has 1 aliphatic rings. The third-order valence-electron chi connectivity index (χ3n) is 7.82. The van der Waals surface area contributed by atoms with Gasteiger partial charge in [-0.15, -0.1) is 11.8 Å². The van der Waals surface area contributed by atoms with Gasteiger partial charge < -0.3 is 61.1 Å². The van der Waals surface area contributed by atoms with Crippen molar-refractivity contribution in [3.05, 3.63) is 12.7 Å². The summed E-state index contributed by atoms with van der Waals surface area (Å²) >= 11 is 6.28. The van der Waals surface area contributed by atoms with Gasteiger partial charge in [0.25, 0.3) is 0 Å². The molecule has 1 saturated heterocycles. The first kappa shape index (κ1) is 49.8. The van der Waals surface area contributed by atoms with Gasteiger partial charge in [0.1, 0.15) is 36.3 Å². The summed E-state index contributed by atoms with van der Waals surface area (Å²) in [4.78, 5) is 86.5. The van der Waals surface area contributed by atoms with Crippen LogP contribution < -0.4 is 16.4 Å². The molecule has 12 N–H and O–H groups in total. The number of carbonyl (C=O) groups is 3. The van der Waals surface area contributed by atoms with E-state index in [9.17, 15) is 63.0 Å². The van der Waals surface area contributed by atoms with Crippen molar-refractivity contribution in [3.8, 4) is 0 Å². The average molecular weight is 928 g/mol. The molecule has 0 saturated carbocycles. The number of nitrogens with two attached hydrogens (primary N) is 1. The Balaban J connectivity index is 1.47. The lowest BCUT2D eigenvalue weighted by Crippen LogP contribution is -2.46. The summed E-state index contributed by atoms with van der Waals surface area (Å²) < 4.78 is 62.4. The molecule has 2 aromatic heterocycles. The fourth-order valence-electron chi connectivity index (χ4n) is 5.05. The molecule has 0 aromatic carbocycles. The molecule has 3 rings (SSSR count). The zero-order chi connectivity index (χ0) is 43.9. The number of anilines is 1. The molecule has 8 atom stereocenters. The maximum absolute atomic E-state index is 12.7. The van der Waals surface area contributed by atoms with Crippen molar-refractivity contribution in [2.45, 2.75) is 76.3 Å². The Morgan fingerprint density at radius 2 is 1.71 bits per heavy atom. The number of aliphatic hydroxyl groups excluding tert-OH is 2. The van der Waals surface area contributed by atoms with Crippen LogP contribution in [0.3, 0.4) is 0 Å². The van der Waals surface area contributed by atoms with Gasteiger partial charge in [-0.2, -0.15) is 4.31 Å². The minimum Gasteiger partial charge on any atom is -0.481 e. The molecular formula is C27H44N7O19P3S2. The number of ether oxygens (including phenoxy) is 1. The van der Waals surface area contributed by atoms with E-state index >= 15 is 0 Å². The number of fused-ring (bicyclic) bond motifs is 1. The van der Waals surface area contributed by atoms with Crippen molar-refractivity contribution in [3.63, 3.8) is 0 Å². The minimum atomic E-state index is -5.59. The number of carboxylic acid groups (broad SMARTS) is 1. The maximum Gasteiger partial charge on any atom is 0.481 e. The first-order chi connectivity index (χ1) is 26.6. The number of hydrogen-bond acceptors (Lipinski definition) is 20. The summed E-state index contributed by atoms with van der Waals surface area (Å²) in [7, 11) is -16.4. The van der Waals surface area contributed by atoms with Gasteiger partial charge in [0.15, 0.2) is 17.7 Å². The second kappa shape index (κ2) is 20.3. The number of rotatable bonds is 23. The summed E-state index contributed by atoms with van der Waals surface area (Å²) in [5.41, 5.74) is 2.68. The molecule has 31 heteroatoms. The molecule has 328 valence electrons. The quantitative estimate of drug-likeness (QED) is 0.0365. The van der Waals surface area contributed by atoms with Gasteiger partial charge in [-0.05, 0) is 6.92 Å². The number of nitrogens with zero attached hydrogens (tertiary/aromatic N) is 4. The van der Waals surface area contributed by atoms with E-state index in [1.165, 1.54) is 20.8 Å². The van der Waals surface area contributed by atoms with Gasteiger partial charge in [0.2, 0.25) is 11.8 Å². The molecule has 58 heavy (non-hydrogen) atoms. The zero-order valence-corrected chi connectivity index (χ0v) is 35.1. The van der Waals surface area contributed by atoms with Gasteiger partial charge in [0.05, 0.1) is 35.8 Å². The van der Waals surface area contributed by atoms with Gasteiger partial charge in [0, 0.05) is 37.1 Å². The third-order valence-corrected chi connectivity index (χ3v) is 12.3. The fraction of sp³-hybridized carbons (Fsp3) is 0.667. The highest BCUT2D eigenvalue weighted by Crippen LogP contribution is 2.61. The van der Waals surface area contributed by atoms with Crippen molar-refractivity contribution in [1.82, 2.24) is 30.2 Å². The summed E-state index contributed by atoms with van der Waals surface area (Å²) in [6.07, 6.45) is -7.60. The van der Waals surface area contributed by atoms with E-state index < -0.39 is 103 Å². The van der Waals surface area contributed by atoms with Gasteiger partial charge >= 0.3 is 29.4 Å². The molecule has 1 aliphatic heterocycles. The summed E-state index contributed by atoms with van der Waals surface area (Å²) in [6, 6.07) is 0. The smallest absolute Gasteiger partial charge is 0.481 e. The van der Waals surface area contributed by atoms with Crippen LogP contribution in [-0.4, -0.2) is 144 Å². The van der Waals surface area contributed by atoms with Crippen LogP contribution in [-0.2, 0) is 50.7 Å². The van der Waals surface area contributed by atoms with Crippen molar-refractivity contribution in [1.29, 1.82) is 0 Å². The Hall–Kier alpha value is -2.59. The number of nitrogens with one attached hydrogen (secondary N) is 2. The number of phosphoric acid groups is 3. The number of thioether (sulfide) groups is 1. The number of nitrogen functional groups attached to an aromatic ring is 1. The molecule has 2 unspecified atom stereocenters. The highest BCUT2D eigenvalue weighted by atomic mass is 32.2. The van der Waals surface area contributed by atoms with E-state index in [0.29, 0.717) is 9.95 Å². The molecule has 3 heterocycles. The Bertz CT molecular complexity index is 1950. The Morgan fingerprint density at radius 1 is 1.05 bits per heavy atom. The molecule has 1 fully saturated rings. The van der Waals surface area contributed by atoms with Crippen LogP contribution in [0, 0.1) is 5.41 Å². The van der Waals surface area contributed by atoms with Gasteiger partial charge in [-0.3, -0.25) is 32.5 Å². The minimum absolute atomic E-state index is 0.0201. The molecule has 2 aromatic rings. The lowest BCUT2D eigenvalue weighted by atomic mass is 9.87. The molecular weight excluding hydrogens is 883 g/mol. The molecule has 26 nitrogen and oxygen atoms in total. The number of aliphatic hydroxyl groups is 3. The van der Waals surface area contributed by atoms with Crippen LogP contribution in [0.5, 0.6) is 0 Å². The predicted octanol–water partition coefficient (Wildman–Crippen LogP) is -0.919. The number of thiocarbonyl (C=S) groups is 1. The lowest BCUT2D eigenvalue weighted by Gasteiger charge is -2.30. The first-order valence-corrected chi connectivity index (χ1v) is 22.5. The number of carbonyl (C=O) groups excluding carboxylic acids is 2. The number of imidazole rings is 1. The van der Waals surface area contributed by atoms with E-state index in [-0.39, 0.29) is 42.9 Å². The molecule has 2 amide bonds. The number of carboxylic acids is 1. The highest BCUT2D eigenvalue weighted by Gasteiger charge is 2.50. The summed E-state index contributed by atoms with van der Waals surface area (Å²) in [6.45, 7) is 1.66. The average Bonchev–Trinajstić information content (AvgIpc) is 3.63. The molecule has 0 aliphatic carbocycles. The standard InChI is InChI=1S/C27H44N7O19P3S2/c1-26(2,21(39)24(40)30-5-4-15(35)29-6-7-58-17(57)9-27(3,41)8-16(36)37)11-50-56(47,48)53-55(45,46)49-10-14-20(52-54(42,43)44)19(38)25(51-14)34-13-33-18-22(28)31-12-32-23(18)34/h12-14,19-21,25,38-39,41H,4-11H2,1-3H3,(H,29,35)(H,30,40)(H,36,37)(H,45,46)(H,47,48)(H2,28,31,32)(H2,42,43,44)/t14-,19-,20-,21+,25-,27+/m1/s1. The molecule has 0 spiro atoms. The first-order valence-electron chi connectivity index (χ1n) is 16.6. The largest absolute Gasteiger partial charge is 0.481 e. The second-order valence-corrected chi connectivity index (χ2v) is 19.7. The van der Waals surface area contributed by atoms with Crippen LogP contribution >= 0.6 is 47.4 Å². The van der Waals surface area contributed by atoms with Crippen molar-refractivity contribution in [2.75, 3.05) is 37.8 Å². The zero-order valence-electron chi connectivity index (χ0n) is 30.8.